The Bertz CT molecular complexity index is 2630. The van der Waals surface area contributed by atoms with Crippen LogP contribution in [0, 0.1) is 16.7 Å². The van der Waals surface area contributed by atoms with Crippen molar-refractivity contribution < 1.29 is 127 Å². The molecule has 1 aromatic rings. The molecule has 0 radical (unpaired) electrons. The third kappa shape index (κ3) is 12.5. The molecule has 5 saturated heterocycles. The van der Waals surface area contributed by atoms with Crippen LogP contribution in [0.4, 0.5) is 0 Å². The molecule has 0 bridgehead atoms. The van der Waals surface area contributed by atoms with Crippen LogP contribution in [0.3, 0.4) is 0 Å². The summed E-state index contributed by atoms with van der Waals surface area (Å²) in [5, 5.41) is 112. The highest BCUT2D eigenvalue weighted by Crippen LogP contribution is 2.71. The van der Waals surface area contributed by atoms with Crippen molar-refractivity contribution in [2.75, 3.05) is 34.5 Å². The second-order valence-electron chi connectivity index (χ2n) is 26.4. The smallest absolute Gasteiger partial charge is 0.331 e. The highest BCUT2D eigenvalue weighted by molar-refractivity contribution is 5.89. The molecule has 502 valence electrons. The Balaban J connectivity index is 0.728. The summed E-state index contributed by atoms with van der Waals surface area (Å²) in [6, 6.07) is 9.23. The fourth-order valence-corrected chi connectivity index (χ4v) is 16.3. The third-order valence-corrected chi connectivity index (χ3v) is 21.6. The first-order chi connectivity index (χ1) is 42.2. The zero-order valence-electron chi connectivity index (χ0n) is 52.0. The molecule has 0 aromatic heterocycles. The van der Waals surface area contributed by atoms with Gasteiger partial charge in [0.2, 0.25) is 0 Å². The molecule has 10 N–H and O–H groups in total. The summed E-state index contributed by atoms with van der Waals surface area (Å²) >= 11 is 0. The van der Waals surface area contributed by atoms with Crippen molar-refractivity contribution in [2.45, 2.75) is 270 Å². The zero-order chi connectivity index (χ0) is 64.3. The molecule has 4 aliphatic carbocycles. The molecule has 0 amide bonds. The summed E-state index contributed by atoms with van der Waals surface area (Å²) in [6.07, 6.45) is -18.5. The standard InChI is InChI=1S/C63H94O26/c1-30-53(86-46-25-38(77-8)54(31(2)80-46)87-47-26-39(78-9)55(32(3)81-47)88-58-52(72)50(70)56(41(29-65)84-58)89-57-51(71)49(69)48(68)40(28-64)83-57)37(76-7)24-45(79-30)82-36-18-19-59(5)35(23-36)17-20-62(74)42(59)27-43(85-44(67)16-15-34-13-11-10-12-14-34)60(6)61(73,33(4)66)21-22-63(60,62)75/h10-17,30-32,36-43,45-58,64-65,68-75H,18-29H2,1-9H3/t30-,31-,32-,36-,37-,38-,39-,40+,41+,42-,43+,45+,46+,47+,48+,49-,50-,51-,52-,53-,54-,55-,56+,57+,58-,59+,60-,61-,62-,63+/m1/s1. The van der Waals surface area contributed by atoms with Crippen LogP contribution < -0.4 is 0 Å². The number of carbonyl (C=O) groups is 2. The largest absolute Gasteiger partial charge is 0.458 e. The number of hydrogen-bond donors (Lipinski definition) is 10. The molecule has 10 rings (SSSR count). The van der Waals surface area contributed by atoms with Crippen molar-refractivity contribution in [1.29, 1.82) is 0 Å². The number of carbonyl (C=O) groups excluding carboxylic acids is 2. The fraction of sp³-hybridized carbons (Fsp3) is 0.810. The van der Waals surface area contributed by atoms with Crippen LogP contribution in [-0.2, 0) is 75.9 Å². The molecule has 5 heterocycles. The van der Waals surface area contributed by atoms with E-state index in [0.717, 1.165) is 11.1 Å². The number of benzene rings is 1. The lowest BCUT2D eigenvalue weighted by atomic mass is 9.42. The molecule has 9 aliphatic rings. The van der Waals surface area contributed by atoms with E-state index in [2.05, 4.69) is 6.92 Å². The summed E-state index contributed by atoms with van der Waals surface area (Å²) in [6.45, 7) is 8.87. The minimum absolute atomic E-state index is 0.0511. The number of aliphatic hydroxyl groups is 10. The number of hydrogen-bond acceptors (Lipinski definition) is 26. The molecule has 5 aliphatic heterocycles. The lowest BCUT2D eigenvalue weighted by molar-refractivity contribution is -0.376. The van der Waals surface area contributed by atoms with E-state index in [1.165, 1.54) is 20.1 Å². The SMILES string of the molecule is CO[C@@H]1C[C@H](O[C@@H]2CC[C@@]3(C)C(=CC[C@@]4(O)[C@@H]3C[C@H](OC(=O)C=Cc3ccccc3)[C@@]3(C)[C@@]4(O)CC[C@@]3(O)C(C)=O)C2)O[C@H](C)[C@H]1O[C@H]1C[C@@H](OC)[C@H](O[C@H]2C[C@@H](OC)[C@H](O[C@H]3O[C@@H](CO)[C@H](O[C@@H]4O[C@@H](CO)[C@H](O)[C@@H](O)[C@H]4O)[C@H](O)[C@H]3O)[C@@H](C)O2)[C@@H](C)O1. The van der Waals surface area contributed by atoms with Crippen molar-refractivity contribution in [2.24, 2.45) is 16.7 Å². The van der Waals surface area contributed by atoms with Gasteiger partial charge in [-0.25, -0.2) is 4.79 Å². The highest BCUT2D eigenvalue weighted by Gasteiger charge is 2.81. The second kappa shape index (κ2) is 27.3. The molecule has 89 heavy (non-hydrogen) atoms. The molecular weight excluding hydrogens is 1170 g/mol. The summed E-state index contributed by atoms with van der Waals surface area (Å²) in [7, 11) is 4.63. The minimum atomic E-state index is -2.07. The molecule has 26 heteroatoms. The molecule has 1 aromatic carbocycles. The van der Waals surface area contributed by atoms with E-state index in [1.807, 2.05) is 50.3 Å². The van der Waals surface area contributed by atoms with E-state index >= 15 is 0 Å². The molecule has 3 saturated carbocycles. The monoisotopic (exact) mass is 1270 g/mol. The maximum atomic E-state index is 13.7. The van der Waals surface area contributed by atoms with Crippen molar-refractivity contribution in [3.8, 4) is 0 Å². The average Bonchev–Trinajstić information content (AvgIpc) is 1.62. The Hall–Kier alpha value is -3.08. The van der Waals surface area contributed by atoms with E-state index < -0.39 is 200 Å². The van der Waals surface area contributed by atoms with E-state index in [0.29, 0.717) is 25.7 Å². The van der Waals surface area contributed by atoms with Gasteiger partial charge in [0.15, 0.2) is 37.2 Å². The first-order valence-electron chi connectivity index (χ1n) is 31.3. The number of esters is 1. The topological polar surface area (TPSA) is 366 Å². The highest BCUT2D eigenvalue weighted by atomic mass is 16.8. The summed E-state index contributed by atoms with van der Waals surface area (Å²) < 4.78 is 86.7. The van der Waals surface area contributed by atoms with Crippen molar-refractivity contribution in [1.82, 2.24) is 0 Å². The fourth-order valence-electron chi connectivity index (χ4n) is 16.3. The molecular formula is C63H94O26. The van der Waals surface area contributed by atoms with Gasteiger partial charge in [-0.05, 0) is 96.6 Å². The van der Waals surface area contributed by atoms with E-state index in [9.17, 15) is 60.7 Å². The van der Waals surface area contributed by atoms with E-state index in [4.69, 9.17) is 66.3 Å². The number of fused-ring (bicyclic) bond motifs is 5. The summed E-state index contributed by atoms with van der Waals surface area (Å²) in [5.74, 6) is -1.89. The zero-order valence-corrected chi connectivity index (χ0v) is 52.0. The first kappa shape index (κ1) is 68.8. The van der Waals surface area contributed by atoms with Crippen LogP contribution in [0.5, 0.6) is 0 Å². The van der Waals surface area contributed by atoms with Gasteiger partial charge in [-0.3, -0.25) is 4.79 Å². The van der Waals surface area contributed by atoms with Crippen LogP contribution in [0.2, 0.25) is 0 Å². The van der Waals surface area contributed by atoms with Crippen LogP contribution in [-0.4, -0.2) is 262 Å². The van der Waals surface area contributed by atoms with E-state index in [-0.39, 0.29) is 44.6 Å². The molecule has 30 atom stereocenters. The van der Waals surface area contributed by atoms with Crippen molar-refractivity contribution in [3.63, 3.8) is 0 Å². The quantitative estimate of drug-likeness (QED) is 0.0507. The molecule has 0 spiro atoms. The third-order valence-electron chi connectivity index (χ3n) is 21.6. The number of aliphatic hydroxyl groups excluding tert-OH is 7. The Kier molecular flexibility index (Phi) is 21.1. The van der Waals surface area contributed by atoms with Gasteiger partial charge in [-0.15, -0.1) is 0 Å². The predicted octanol–water partition coefficient (Wildman–Crippen LogP) is 0.349. The van der Waals surface area contributed by atoms with Gasteiger partial charge in [0.05, 0.1) is 61.4 Å². The maximum Gasteiger partial charge on any atom is 0.331 e. The van der Waals surface area contributed by atoms with Gasteiger partial charge in [0.1, 0.15) is 90.1 Å². The Morgan fingerprint density at radius 2 is 1.13 bits per heavy atom. The Labute approximate surface area is 518 Å². The van der Waals surface area contributed by atoms with E-state index in [1.54, 1.807) is 34.1 Å². The lowest BCUT2D eigenvalue weighted by Gasteiger charge is -2.67. The molecule has 8 fully saturated rings. The van der Waals surface area contributed by atoms with Crippen LogP contribution in [0.1, 0.15) is 111 Å². The van der Waals surface area contributed by atoms with Gasteiger partial charge in [0.25, 0.3) is 0 Å². The lowest BCUT2D eigenvalue weighted by Crippen LogP contribution is -2.78. The van der Waals surface area contributed by atoms with Gasteiger partial charge >= 0.3 is 5.97 Å². The minimum Gasteiger partial charge on any atom is -0.458 e. The van der Waals surface area contributed by atoms with Gasteiger partial charge < -0.3 is 117 Å². The summed E-state index contributed by atoms with van der Waals surface area (Å²) in [5.41, 5.74) is -6.47. The van der Waals surface area contributed by atoms with Gasteiger partial charge in [0, 0.05) is 52.6 Å². The van der Waals surface area contributed by atoms with Crippen LogP contribution in [0.25, 0.3) is 6.08 Å². The second-order valence-corrected chi connectivity index (χ2v) is 26.4. The van der Waals surface area contributed by atoms with Crippen molar-refractivity contribution in [3.05, 3.63) is 53.6 Å². The normalized spacial score (nSPS) is 49.3. The predicted molar refractivity (Wildman–Crippen MR) is 306 cm³/mol. The number of rotatable bonds is 19. The Morgan fingerprint density at radius 1 is 0.618 bits per heavy atom. The number of methoxy groups -OCH3 is 3. The molecule has 26 nitrogen and oxygen atoms in total. The van der Waals surface area contributed by atoms with Gasteiger partial charge in [-0.1, -0.05) is 48.9 Å². The maximum absolute atomic E-state index is 13.7. The summed E-state index contributed by atoms with van der Waals surface area (Å²) in [4.78, 5) is 27.0. The van der Waals surface area contributed by atoms with Gasteiger partial charge in [-0.2, -0.15) is 0 Å². The number of Topliss-reactive ketones (excluding diaryl/α,β-unsaturated/α-hetero) is 1. The Morgan fingerprint density at radius 3 is 1.67 bits per heavy atom. The number of ether oxygens (including phenoxy) is 14. The first-order valence-corrected chi connectivity index (χ1v) is 31.3. The van der Waals surface area contributed by atoms with Crippen LogP contribution >= 0.6 is 0 Å². The molecule has 0 unspecified atom stereocenters. The van der Waals surface area contributed by atoms with Crippen molar-refractivity contribution >= 4 is 17.8 Å². The number of ketones is 1. The van der Waals surface area contributed by atoms with Crippen LogP contribution in [0.15, 0.2) is 48.1 Å². The average molecular weight is 1270 g/mol.